The van der Waals surface area contributed by atoms with Gasteiger partial charge in [0.25, 0.3) is 0 Å². The van der Waals surface area contributed by atoms with Crippen molar-refractivity contribution in [3.05, 3.63) is 41.5 Å². The van der Waals surface area contributed by atoms with E-state index in [4.69, 9.17) is 14.7 Å². The molecule has 0 amide bonds. The van der Waals surface area contributed by atoms with Crippen LogP contribution >= 0.6 is 11.3 Å². The van der Waals surface area contributed by atoms with Gasteiger partial charge in [0.2, 0.25) is 0 Å². The van der Waals surface area contributed by atoms with Gasteiger partial charge in [-0.1, -0.05) is 30.3 Å². The Labute approximate surface area is 169 Å². The predicted molar refractivity (Wildman–Crippen MR) is 114 cm³/mol. The van der Waals surface area contributed by atoms with Crippen molar-refractivity contribution in [3.63, 3.8) is 0 Å². The van der Waals surface area contributed by atoms with Gasteiger partial charge in [0.15, 0.2) is 0 Å². The molecule has 0 atom stereocenters. The Morgan fingerprint density at radius 2 is 1.93 bits per heavy atom. The smallest absolute Gasteiger partial charge is 0.146 e. The highest BCUT2D eigenvalue weighted by Crippen LogP contribution is 2.37. The highest BCUT2D eigenvalue weighted by Gasteiger charge is 2.20. The minimum Gasteiger partial charge on any atom is -0.389 e. The number of rotatable bonds is 6. The summed E-state index contributed by atoms with van der Waals surface area (Å²) in [6, 6.07) is 10.3. The van der Waals surface area contributed by atoms with Crippen molar-refractivity contribution in [1.29, 1.82) is 0 Å². The van der Waals surface area contributed by atoms with Gasteiger partial charge >= 0.3 is 0 Å². The Morgan fingerprint density at radius 1 is 1.18 bits per heavy atom. The summed E-state index contributed by atoms with van der Waals surface area (Å²) in [6.07, 6.45) is 0. The maximum absolute atomic E-state index is 10.2. The molecule has 3 aromatic rings. The Hall–Kier alpha value is -2.06. The molecule has 28 heavy (non-hydrogen) atoms. The summed E-state index contributed by atoms with van der Waals surface area (Å²) in [5.74, 6) is 1.59. The molecular formula is C21H26N4O2S. The molecule has 1 aliphatic rings. The molecule has 4 rings (SSSR count). The van der Waals surface area contributed by atoms with E-state index in [0.29, 0.717) is 13.1 Å². The van der Waals surface area contributed by atoms with E-state index in [-0.39, 0.29) is 0 Å². The number of fused-ring (bicyclic) bond motifs is 1. The van der Waals surface area contributed by atoms with Crippen molar-refractivity contribution in [3.8, 4) is 11.1 Å². The summed E-state index contributed by atoms with van der Waals surface area (Å²) in [4.78, 5) is 13.0. The van der Waals surface area contributed by atoms with Gasteiger partial charge in [-0.15, -0.1) is 11.3 Å². The summed E-state index contributed by atoms with van der Waals surface area (Å²) in [6.45, 7) is 8.00. The van der Waals surface area contributed by atoms with Gasteiger partial charge in [-0.2, -0.15) is 0 Å². The maximum Gasteiger partial charge on any atom is 0.146 e. The minimum absolute atomic E-state index is 0.417. The van der Waals surface area contributed by atoms with Crippen molar-refractivity contribution in [1.82, 2.24) is 14.9 Å². The second-order valence-corrected chi connectivity index (χ2v) is 8.60. The number of anilines is 1. The lowest BCUT2D eigenvalue weighted by atomic mass is 10.1. The van der Waals surface area contributed by atoms with Gasteiger partial charge in [-0.25, -0.2) is 9.97 Å². The Morgan fingerprint density at radius 3 is 2.64 bits per heavy atom. The quantitative estimate of drug-likeness (QED) is 0.663. The molecule has 0 bridgehead atoms. The fourth-order valence-corrected chi connectivity index (χ4v) is 4.24. The van der Waals surface area contributed by atoms with Crippen molar-refractivity contribution >= 4 is 27.4 Å². The van der Waals surface area contributed by atoms with E-state index in [9.17, 15) is 5.11 Å². The number of nitrogens with one attached hydrogen (secondary N) is 1. The second-order valence-electron chi connectivity index (χ2n) is 7.74. The van der Waals surface area contributed by atoms with Crippen LogP contribution in [0.4, 0.5) is 5.82 Å². The summed E-state index contributed by atoms with van der Waals surface area (Å²) >= 11 is 1.64. The van der Waals surface area contributed by atoms with Crippen molar-refractivity contribution in [2.24, 2.45) is 0 Å². The molecule has 2 aromatic heterocycles. The molecule has 7 heteroatoms. The number of benzene rings is 1. The molecular weight excluding hydrogens is 372 g/mol. The van der Waals surface area contributed by atoms with E-state index < -0.39 is 5.60 Å². The van der Waals surface area contributed by atoms with Crippen LogP contribution in [0.3, 0.4) is 0 Å². The number of thiophene rings is 1. The van der Waals surface area contributed by atoms with Crippen LogP contribution in [0, 0.1) is 0 Å². The number of aliphatic hydroxyl groups is 1. The minimum atomic E-state index is -0.829. The largest absolute Gasteiger partial charge is 0.389 e. The van der Waals surface area contributed by atoms with Crippen molar-refractivity contribution in [2.75, 3.05) is 38.2 Å². The Kier molecular flexibility index (Phi) is 5.59. The summed E-state index contributed by atoms with van der Waals surface area (Å²) in [5.41, 5.74) is 1.44. The van der Waals surface area contributed by atoms with Crippen LogP contribution in [-0.2, 0) is 11.3 Å². The van der Waals surface area contributed by atoms with Crippen LogP contribution in [0.25, 0.3) is 21.3 Å². The number of morpholine rings is 1. The third-order valence-corrected chi connectivity index (χ3v) is 5.59. The molecule has 1 saturated heterocycles. The maximum atomic E-state index is 10.2. The average Bonchev–Trinajstić information content (AvgIpc) is 3.11. The molecule has 6 nitrogen and oxygen atoms in total. The third-order valence-electron chi connectivity index (χ3n) is 4.72. The van der Waals surface area contributed by atoms with Crippen LogP contribution in [0.2, 0.25) is 0 Å². The number of nitrogens with zero attached hydrogens (tertiary/aromatic N) is 3. The average molecular weight is 399 g/mol. The summed E-state index contributed by atoms with van der Waals surface area (Å²) in [7, 11) is 0. The van der Waals surface area contributed by atoms with E-state index in [2.05, 4.69) is 27.7 Å². The number of hydrogen-bond acceptors (Lipinski definition) is 7. The van der Waals surface area contributed by atoms with Gasteiger partial charge in [0, 0.05) is 30.6 Å². The summed E-state index contributed by atoms with van der Waals surface area (Å²) < 4.78 is 5.44. The van der Waals surface area contributed by atoms with E-state index in [1.54, 1.807) is 25.2 Å². The van der Waals surface area contributed by atoms with Gasteiger partial charge < -0.3 is 15.2 Å². The van der Waals surface area contributed by atoms with Crippen LogP contribution < -0.4 is 5.32 Å². The monoisotopic (exact) mass is 398 g/mol. The fourth-order valence-electron chi connectivity index (χ4n) is 3.27. The van der Waals surface area contributed by atoms with Crippen LogP contribution in [-0.4, -0.2) is 58.4 Å². The molecule has 1 aromatic carbocycles. The van der Waals surface area contributed by atoms with E-state index in [0.717, 1.165) is 59.3 Å². The van der Waals surface area contributed by atoms with Crippen LogP contribution in [0.15, 0.2) is 35.7 Å². The topological polar surface area (TPSA) is 70.5 Å². The molecule has 0 aliphatic carbocycles. The highest BCUT2D eigenvalue weighted by molar-refractivity contribution is 7.17. The molecule has 1 fully saturated rings. The number of aromatic nitrogens is 2. The van der Waals surface area contributed by atoms with Crippen molar-refractivity contribution < 1.29 is 9.84 Å². The zero-order chi connectivity index (χ0) is 19.6. The lowest BCUT2D eigenvalue weighted by Crippen LogP contribution is -2.36. The molecule has 2 N–H and O–H groups in total. The predicted octanol–water partition coefficient (Wildman–Crippen LogP) is 3.37. The van der Waals surface area contributed by atoms with E-state index >= 15 is 0 Å². The molecule has 0 unspecified atom stereocenters. The van der Waals surface area contributed by atoms with Gasteiger partial charge in [0.05, 0.1) is 30.7 Å². The molecule has 3 heterocycles. The first kappa shape index (κ1) is 19.3. The highest BCUT2D eigenvalue weighted by atomic mass is 32.1. The normalized spacial score (nSPS) is 15.8. The molecule has 1 aliphatic heterocycles. The zero-order valence-electron chi connectivity index (χ0n) is 16.3. The first-order valence-electron chi connectivity index (χ1n) is 9.59. The van der Waals surface area contributed by atoms with Crippen molar-refractivity contribution in [2.45, 2.75) is 26.0 Å². The Bertz CT molecular complexity index is 931. The second kappa shape index (κ2) is 8.13. The van der Waals surface area contributed by atoms with E-state index in [1.165, 1.54) is 0 Å². The van der Waals surface area contributed by atoms with Gasteiger partial charge in [0.1, 0.15) is 16.5 Å². The molecule has 148 valence electrons. The van der Waals surface area contributed by atoms with Gasteiger partial charge in [-0.05, 0) is 19.4 Å². The fraction of sp³-hybridized carbons (Fsp3) is 0.429. The lowest BCUT2D eigenvalue weighted by Gasteiger charge is -2.26. The van der Waals surface area contributed by atoms with E-state index in [1.807, 2.05) is 18.2 Å². The zero-order valence-corrected chi connectivity index (χ0v) is 17.1. The summed E-state index contributed by atoms with van der Waals surface area (Å²) in [5, 5.41) is 16.7. The number of hydrogen-bond donors (Lipinski definition) is 2. The first-order valence-corrected chi connectivity index (χ1v) is 10.5. The van der Waals surface area contributed by atoms with Crippen LogP contribution in [0.1, 0.15) is 19.7 Å². The van der Waals surface area contributed by atoms with Gasteiger partial charge in [-0.3, -0.25) is 4.90 Å². The molecule has 0 saturated carbocycles. The third kappa shape index (κ3) is 4.50. The lowest BCUT2D eigenvalue weighted by molar-refractivity contribution is 0.0331. The molecule has 0 radical (unpaired) electrons. The standard InChI is InChI=1S/C21H26N4O2S/c1-21(2,26)14-22-19-18-16(15-6-4-3-5-7-15)13-28-20(18)24-17(23-19)12-25-8-10-27-11-9-25/h3-7,13,26H,8-12,14H2,1-2H3,(H,22,23,24). The molecule has 0 spiro atoms. The first-order chi connectivity index (χ1) is 13.5. The van der Waals surface area contributed by atoms with Crippen LogP contribution in [0.5, 0.6) is 0 Å². The Balaban J connectivity index is 1.73. The number of ether oxygens (including phenoxy) is 1. The SMILES string of the molecule is CC(C)(O)CNc1nc(CN2CCOCC2)nc2scc(-c3ccccc3)c12.